The Kier molecular flexibility index (Phi) is 3.99. The van der Waals surface area contributed by atoms with Crippen molar-refractivity contribution < 1.29 is 8.42 Å². The highest BCUT2D eigenvalue weighted by Crippen LogP contribution is 2.30. The van der Waals surface area contributed by atoms with E-state index < -0.39 is 9.84 Å². The van der Waals surface area contributed by atoms with Crippen LogP contribution in [0.1, 0.15) is 25.3 Å². The molecule has 0 aromatic carbocycles. The normalized spacial score (nSPS) is 17.7. The minimum absolute atomic E-state index is 0.211. The van der Waals surface area contributed by atoms with Gasteiger partial charge in [-0.1, -0.05) is 6.92 Å². The molecule has 0 atom stereocenters. The fourth-order valence-electron chi connectivity index (χ4n) is 2.67. The summed E-state index contributed by atoms with van der Waals surface area (Å²) in [5.74, 6) is 0. The summed E-state index contributed by atoms with van der Waals surface area (Å²) in [5.41, 5.74) is 8.86. The molecule has 6 heteroatoms. The number of anilines is 2. The lowest BCUT2D eigenvalue weighted by atomic mass is 10.1. The Bertz CT molecular complexity index is 549. The van der Waals surface area contributed by atoms with Crippen LogP contribution in [0.4, 0.5) is 11.4 Å². The topological polar surface area (TPSA) is 76.3 Å². The molecule has 1 aliphatic rings. The molecule has 106 valence electrons. The van der Waals surface area contributed by atoms with Gasteiger partial charge >= 0.3 is 0 Å². The number of aromatic nitrogens is 1. The molecule has 0 unspecified atom stereocenters. The van der Waals surface area contributed by atoms with Crippen LogP contribution in [0.25, 0.3) is 0 Å². The number of nitrogen functional groups attached to an aromatic ring is 1. The van der Waals surface area contributed by atoms with E-state index in [-0.39, 0.29) is 5.25 Å². The van der Waals surface area contributed by atoms with Gasteiger partial charge < -0.3 is 10.6 Å². The van der Waals surface area contributed by atoms with Crippen molar-refractivity contribution in [3.05, 3.63) is 18.0 Å². The number of rotatable bonds is 3. The fourth-order valence-corrected chi connectivity index (χ4v) is 3.73. The number of sulfone groups is 1. The molecule has 2 rings (SSSR count). The molecule has 5 nitrogen and oxygen atoms in total. The Morgan fingerprint density at radius 2 is 2.00 bits per heavy atom. The Labute approximate surface area is 114 Å². The average molecular weight is 283 g/mol. The van der Waals surface area contributed by atoms with Crippen molar-refractivity contribution in [2.45, 2.75) is 31.4 Å². The third-order valence-electron chi connectivity index (χ3n) is 3.77. The molecule has 0 radical (unpaired) electrons. The van der Waals surface area contributed by atoms with Crippen LogP contribution in [0.15, 0.2) is 12.4 Å². The van der Waals surface area contributed by atoms with Crippen molar-refractivity contribution in [1.82, 2.24) is 4.98 Å². The van der Waals surface area contributed by atoms with Crippen molar-refractivity contribution in [3.8, 4) is 0 Å². The molecule has 1 saturated heterocycles. The monoisotopic (exact) mass is 283 g/mol. The Morgan fingerprint density at radius 1 is 1.37 bits per heavy atom. The maximum absolute atomic E-state index is 11.6. The van der Waals surface area contributed by atoms with Gasteiger partial charge in [0.15, 0.2) is 0 Å². The van der Waals surface area contributed by atoms with Gasteiger partial charge in [-0.05, 0) is 24.8 Å². The van der Waals surface area contributed by atoms with Crippen LogP contribution in [-0.4, -0.2) is 38.0 Å². The van der Waals surface area contributed by atoms with Gasteiger partial charge in [-0.2, -0.15) is 0 Å². The summed E-state index contributed by atoms with van der Waals surface area (Å²) < 4.78 is 23.1. The van der Waals surface area contributed by atoms with E-state index in [4.69, 9.17) is 5.73 Å². The van der Waals surface area contributed by atoms with Crippen molar-refractivity contribution in [1.29, 1.82) is 0 Å². The quantitative estimate of drug-likeness (QED) is 0.903. The number of hydrogen-bond acceptors (Lipinski definition) is 5. The summed E-state index contributed by atoms with van der Waals surface area (Å²) >= 11 is 0. The summed E-state index contributed by atoms with van der Waals surface area (Å²) in [6.45, 7) is 3.54. The van der Waals surface area contributed by atoms with E-state index in [1.807, 2.05) is 6.20 Å². The third-order valence-corrected chi connectivity index (χ3v) is 5.45. The second kappa shape index (κ2) is 5.36. The van der Waals surface area contributed by atoms with Gasteiger partial charge in [-0.3, -0.25) is 4.98 Å². The molecule has 2 N–H and O–H groups in total. The van der Waals surface area contributed by atoms with E-state index in [0.717, 1.165) is 30.8 Å². The molecule has 1 aliphatic heterocycles. The number of aryl methyl sites for hydroxylation is 1. The number of nitrogens with two attached hydrogens (primary N) is 1. The second-order valence-electron chi connectivity index (χ2n) is 5.11. The average Bonchev–Trinajstić information content (AvgIpc) is 2.37. The first-order chi connectivity index (χ1) is 8.93. The molecule has 2 heterocycles. The summed E-state index contributed by atoms with van der Waals surface area (Å²) in [6, 6.07) is 0. The van der Waals surface area contributed by atoms with Gasteiger partial charge in [0, 0.05) is 25.5 Å². The van der Waals surface area contributed by atoms with E-state index in [1.54, 1.807) is 6.20 Å². The van der Waals surface area contributed by atoms with Crippen LogP contribution in [0, 0.1) is 0 Å². The summed E-state index contributed by atoms with van der Waals surface area (Å²) in [7, 11) is -2.93. The summed E-state index contributed by atoms with van der Waals surface area (Å²) in [5, 5.41) is -0.211. The fraction of sp³-hybridized carbons (Fsp3) is 0.615. The van der Waals surface area contributed by atoms with Crippen molar-refractivity contribution in [2.75, 3.05) is 30.0 Å². The maximum atomic E-state index is 11.6. The van der Waals surface area contributed by atoms with Crippen LogP contribution >= 0.6 is 0 Å². The van der Waals surface area contributed by atoms with E-state index in [1.165, 1.54) is 6.26 Å². The van der Waals surface area contributed by atoms with Crippen molar-refractivity contribution in [2.24, 2.45) is 0 Å². The van der Waals surface area contributed by atoms with Gasteiger partial charge in [-0.25, -0.2) is 8.42 Å². The molecule has 1 aromatic rings. The standard InChI is InChI=1S/C13H21N3O2S/c1-3-10-8-15-9-12(14)13(10)16-6-4-11(5-7-16)19(2,17)18/h8-9,11H,3-7,14H2,1-2H3. The third kappa shape index (κ3) is 3.00. The van der Waals surface area contributed by atoms with Gasteiger partial charge in [0.25, 0.3) is 0 Å². The van der Waals surface area contributed by atoms with Gasteiger partial charge in [0.05, 0.1) is 22.8 Å². The minimum atomic E-state index is -2.93. The molecular weight excluding hydrogens is 262 g/mol. The smallest absolute Gasteiger partial charge is 0.150 e. The lowest BCUT2D eigenvalue weighted by Gasteiger charge is -2.34. The van der Waals surface area contributed by atoms with Crippen LogP contribution in [0.5, 0.6) is 0 Å². The zero-order chi connectivity index (χ0) is 14.0. The molecule has 0 saturated carbocycles. The molecule has 19 heavy (non-hydrogen) atoms. The first-order valence-corrected chi connectivity index (χ1v) is 8.55. The Balaban J connectivity index is 2.18. The van der Waals surface area contributed by atoms with Crippen LogP contribution in [0.2, 0.25) is 0 Å². The predicted molar refractivity (Wildman–Crippen MR) is 78.1 cm³/mol. The minimum Gasteiger partial charge on any atom is -0.396 e. The van der Waals surface area contributed by atoms with Crippen LogP contribution in [-0.2, 0) is 16.3 Å². The molecule has 0 spiro atoms. The Hall–Kier alpha value is -1.30. The van der Waals surface area contributed by atoms with E-state index in [9.17, 15) is 8.42 Å². The largest absolute Gasteiger partial charge is 0.396 e. The highest BCUT2D eigenvalue weighted by atomic mass is 32.2. The van der Waals surface area contributed by atoms with E-state index in [2.05, 4.69) is 16.8 Å². The molecule has 0 bridgehead atoms. The number of piperidine rings is 1. The van der Waals surface area contributed by atoms with Crippen molar-refractivity contribution >= 4 is 21.2 Å². The predicted octanol–water partition coefficient (Wildman–Crippen LogP) is 1.24. The van der Waals surface area contributed by atoms with E-state index >= 15 is 0 Å². The van der Waals surface area contributed by atoms with Crippen LogP contribution < -0.4 is 10.6 Å². The highest BCUT2D eigenvalue weighted by Gasteiger charge is 2.28. The zero-order valence-electron chi connectivity index (χ0n) is 11.5. The molecule has 1 aromatic heterocycles. The lowest BCUT2D eigenvalue weighted by Crippen LogP contribution is -2.39. The Morgan fingerprint density at radius 3 is 2.53 bits per heavy atom. The van der Waals surface area contributed by atoms with Crippen LogP contribution in [0.3, 0.4) is 0 Å². The number of hydrogen-bond donors (Lipinski definition) is 1. The number of pyridine rings is 1. The molecule has 1 fully saturated rings. The zero-order valence-corrected chi connectivity index (χ0v) is 12.3. The first kappa shape index (κ1) is 14.1. The summed E-state index contributed by atoms with van der Waals surface area (Å²) in [4.78, 5) is 6.31. The van der Waals surface area contributed by atoms with Gasteiger partial charge in [-0.15, -0.1) is 0 Å². The van der Waals surface area contributed by atoms with Gasteiger partial charge in [0.2, 0.25) is 0 Å². The molecule has 0 aliphatic carbocycles. The second-order valence-corrected chi connectivity index (χ2v) is 7.43. The van der Waals surface area contributed by atoms with E-state index in [0.29, 0.717) is 18.5 Å². The summed E-state index contributed by atoms with van der Waals surface area (Å²) in [6.07, 6.45) is 7.05. The molecule has 0 amide bonds. The number of nitrogens with zero attached hydrogens (tertiary/aromatic N) is 2. The van der Waals surface area contributed by atoms with Crippen molar-refractivity contribution in [3.63, 3.8) is 0 Å². The molecular formula is C13H21N3O2S. The lowest BCUT2D eigenvalue weighted by molar-refractivity contribution is 0.534. The SMILES string of the molecule is CCc1cncc(N)c1N1CCC(S(C)(=O)=O)CC1. The highest BCUT2D eigenvalue weighted by molar-refractivity contribution is 7.91. The maximum Gasteiger partial charge on any atom is 0.150 e. The first-order valence-electron chi connectivity index (χ1n) is 6.59. The van der Waals surface area contributed by atoms with Gasteiger partial charge in [0.1, 0.15) is 9.84 Å².